The van der Waals surface area contributed by atoms with E-state index < -0.39 is 9.12 Å². The largest absolute Gasteiger partial charge is 0.314 e. The zero-order valence-electron chi connectivity index (χ0n) is 9.75. The summed E-state index contributed by atoms with van der Waals surface area (Å²) in [6, 6.07) is 0. The molecule has 0 aromatic rings. The molecule has 0 saturated carbocycles. The summed E-state index contributed by atoms with van der Waals surface area (Å²) in [6.07, 6.45) is 3.45. The van der Waals surface area contributed by atoms with Crippen molar-refractivity contribution in [2.75, 3.05) is 27.2 Å². The normalized spacial score (nSPS) is 12.6. The molecule has 78 valence electrons. The first-order chi connectivity index (χ1) is 6.17. The van der Waals surface area contributed by atoms with Gasteiger partial charge < -0.3 is 9.13 Å². The summed E-state index contributed by atoms with van der Waals surface area (Å²) in [5, 5.41) is 0. The Balaban J connectivity index is 4.26. The van der Waals surface area contributed by atoms with Gasteiger partial charge in [0.05, 0.1) is 0 Å². The highest BCUT2D eigenvalue weighted by atomic mass is 28.3. The molecule has 3 heteroatoms. The summed E-state index contributed by atoms with van der Waals surface area (Å²) in [7, 11) is 3.50. The van der Waals surface area contributed by atoms with Gasteiger partial charge >= 0.3 is 0 Å². The molecule has 0 aromatic carbocycles. The van der Waals surface area contributed by atoms with Crippen LogP contribution in [0.15, 0.2) is 11.8 Å². The van der Waals surface area contributed by atoms with E-state index in [0.29, 0.717) is 0 Å². The van der Waals surface area contributed by atoms with E-state index in [1.54, 1.807) is 0 Å². The fourth-order valence-electron chi connectivity index (χ4n) is 1.26. The fraction of sp³-hybridized carbons (Fsp3) is 0.800. The van der Waals surface area contributed by atoms with Crippen molar-refractivity contribution in [1.82, 2.24) is 9.13 Å². The molecule has 0 atom stereocenters. The first-order valence-corrected chi connectivity index (χ1v) is 6.94. The van der Waals surface area contributed by atoms with Crippen LogP contribution >= 0.6 is 0 Å². The van der Waals surface area contributed by atoms with E-state index in [1.807, 2.05) is 0 Å². The van der Waals surface area contributed by atoms with Crippen molar-refractivity contribution < 1.29 is 0 Å². The van der Waals surface area contributed by atoms with Crippen LogP contribution in [0.3, 0.4) is 0 Å². The molecule has 0 radical (unpaired) electrons. The highest BCUT2D eigenvalue weighted by molar-refractivity contribution is 6.58. The second-order valence-electron chi connectivity index (χ2n) is 3.40. The quantitative estimate of drug-likeness (QED) is 0.601. The molecular formula is C10H24N2Si. The maximum absolute atomic E-state index is 2.48. The molecule has 0 heterocycles. The van der Waals surface area contributed by atoms with E-state index in [4.69, 9.17) is 0 Å². The SMILES string of the molecule is CCC=C[SiH](N(C)CC)N(C)CC. The Morgan fingerprint density at radius 2 is 1.46 bits per heavy atom. The number of nitrogens with zero attached hydrogens (tertiary/aromatic N) is 2. The number of rotatable bonds is 6. The molecule has 0 saturated heterocycles. The Morgan fingerprint density at radius 1 is 1.00 bits per heavy atom. The monoisotopic (exact) mass is 200 g/mol. The van der Waals surface area contributed by atoms with Crippen molar-refractivity contribution in [2.24, 2.45) is 0 Å². The molecule has 0 bridgehead atoms. The molecule has 0 aliphatic carbocycles. The standard InChI is InChI=1S/C10H24N2Si/c1-6-9-10-13(11(4)7-2)12(5)8-3/h9-10,13H,6-8H2,1-5H3. The maximum atomic E-state index is 2.48. The van der Waals surface area contributed by atoms with Crippen LogP contribution in [-0.2, 0) is 0 Å². The van der Waals surface area contributed by atoms with E-state index in [-0.39, 0.29) is 0 Å². The van der Waals surface area contributed by atoms with Gasteiger partial charge in [-0.2, -0.15) is 0 Å². The van der Waals surface area contributed by atoms with Gasteiger partial charge in [0, 0.05) is 0 Å². The Morgan fingerprint density at radius 3 is 1.77 bits per heavy atom. The summed E-state index contributed by atoms with van der Waals surface area (Å²) in [5.41, 5.74) is 2.42. The van der Waals surface area contributed by atoms with Crippen LogP contribution in [0.5, 0.6) is 0 Å². The molecule has 13 heavy (non-hydrogen) atoms. The van der Waals surface area contributed by atoms with E-state index in [9.17, 15) is 0 Å². The van der Waals surface area contributed by atoms with Gasteiger partial charge in [-0.1, -0.05) is 32.5 Å². The Kier molecular flexibility index (Phi) is 7.23. The molecule has 0 aromatic heterocycles. The van der Waals surface area contributed by atoms with Crippen LogP contribution in [0, 0.1) is 0 Å². The summed E-state index contributed by atoms with van der Waals surface area (Å²) >= 11 is 0. The van der Waals surface area contributed by atoms with Crippen molar-refractivity contribution in [3.63, 3.8) is 0 Å². The predicted octanol–water partition coefficient (Wildman–Crippen LogP) is 1.62. The molecule has 0 unspecified atom stereocenters. The third-order valence-electron chi connectivity index (χ3n) is 2.44. The molecule has 0 amide bonds. The number of hydrogen-bond acceptors (Lipinski definition) is 2. The minimum Gasteiger partial charge on any atom is -0.314 e. The van der Waals surface area contributed by atoms with Crippen LogP contribution < -0.4 is 0 Å². The molecule has 0 rings (SSSR count). The predicted molar refractivity (Wildman–Crippen MR) is 63.2 cm³/mol. The highest BCUT2D eigenvalue weighted by Crippen LogP contribution is 1.99. The average Bonchev–Trinajstić information content (AvgIpc) is 2.17. The zero-order chi connectivity index (χ0) is 10.3. The van der Waals surface area contributed by atoms with Gasteiger partial charge in [0.15, 0.2) is 0 Å². The third kappa shape index (κ3) is 4.60. The first-order valence-electron chi connectivity index (χ1n) is 5.24. The highest BCUT2D eigenvalue weighted by Gasteiger charge is 2.15. The smallest absolute Gasteiger partial charge is 0.214 e. The minimum absolute atomic E-state index is 0.954. The number of allylic oxidation sites excluding steroid dienone is 1. The van der Waals surface area contributed by atoms with Gasteiger partial charge in [0.25, 0.3) is 0 Å². The molecule has 0 aliphatic rings. The third-order valence-corrected chi connectivity index (χ3v) is 5.60. The second-order valence-corrected chi connectivity index (χ2v) is 6.37. The molecule has 0 fully saturated rings. The lowest BCUT2D eigenvalue weighted by molar-refractivity contribution is 0.451. The second kappa shape index (κ2) is 7.30. The lowest BCUT2D eigenvalue weighted by atomic mass is 10.5. The summed E-state index contributed by atoms with van der Waals surface area (Å²) in [4.78, 5) is 0. The van der Waals surface area contributed by atoms with Crippen molar-refractivity contribution in [1.29, 1.82) is 0 Å². The van der Waals surface area contributed by atoms with E-state index in [2.05, 4.69) is 55.8 Å². The molecule has 0 spiro atoms. The van der Waals surface area contributed by atoms with Gasteiger partial charge in [-0.15, -0.1) is 0 Å². The Hall–Kier alpha value is -0.123. The van der Waals surface area contributed by atoms with Crippen LogP contribution in [-0.4, -0.2) is 45.4 Å². The van der Waals surface area contributed by atoms with Gasteiger partial charge in [-0.3, -0.25) is 0 Å². The van der Waals surface area contributed by atoms with Crippen LogP contribution in [0.1, 0.15) is 27.2 Å². The maximum Gasteiger partial charge on any atom is 0.214 e. The first kappa shape index (κ1) is 12.9. The average molecular weight is 200 g/mol. The molecule has 2 nitrogen and oxygen atoms in total. The zero-order valence-corrected chi connectivity index (χ0v) is 10.9. The van der Waals surface area contributed by atoms with Crippen LogP contribution in [0.4, 0.5) is 0 Å². The van der Waals surface area contributed by atoms with Gasteiger partial charge in [-0.05, 0) is 33.6 Å². The lowest BCUT2D eigenvalue weighted by Gasteiger charge is -2.30. The van der Waals surface area contributed by atoms with Crippen molar-refractivity contribution >= 4 is 9.12 Å². The van der Waals surface area contributed by atoms with Crippen molar-refractivity contribution in [3.8, 4) is 0 Å². The fourth-order valence-corrected chi connectivity index (χ4v) is 3.79. The van der Waals surface area contributed by atoms with Gasteiger partial charge in [-0.25, -0.2) is 0 Å². The van der Waals surface area contributed by atoms with Crippen molar-refractivity contribution in [2.45, 2.75) is 27.2 Å². The van der Waals surface area contributed by atoms with E-state index >= 15 is 0 Å². The summed E-state index contributed by atoms with van der Waals surface area (Å²) in [6.45, 7) is 8.94. The van der Waals surface area contributed by atoms with E-state index in [1.165, 1.54) is 0 Å². The molecule has 0 aliphatic heterocycles. The van der Waals surface area contributed by atoms with Crippen LogP contribution in [0.2, 0.25) is 0 Å². The van der Waals surface area contributed by atoms with Gasteiger partial charge in [0.2, 0.25) is 9.12 Å². The van der Waals surface area contributed by atoms with Gasteiger partial charge in [0.1, 0.15) is 0 Å². The summed E-state index contributed by atoms with van der Waals surface area (Å²) in [5.74, 6) is 0. The summed E-state index contributed by atoms with van der Waals surface area (Å²) < 4.78 is 4.96. The molecule has 0 N–H and O–H groups in total. The minimum atomic E-state index is -0.954. The van der Waals surface area contributed by atoms with E-state index in [0.717, 1.165) is 19.5 Å². The Labute approximate surface area is 85.0 Å². The number of hydrogen-bond donors (Lipinski definition) is 0. The lowest BCUT2D eigenvalue weighted by Crippen LogP contribution is -2.48. The van der Waals surface area contributed by atoms with Crippen molar-refractivity contribution in [3.05, 3.63) is 11.8 Å². The molecular weight excluding hydrogens is 176 g/mol. The Bertz CT molecular complexity index is 138. The topological polar surface area (TPSA) is 6.48 Å². The van der Waals surface area contributed by atoms with Crippen LogP contribution in [0.25, 0.3) is 0 Å².